The molecule has 1 aromatic heterocycles. The molecule has 150 valence electrons. The molecule has 3 aromatic rings. The summed E-state index contributed by atoms with van der Waals surface area (Å²) in [6, 6.07) is 15.4. The summed E-state index contributed by atoms with van der Waals surface area (Å²) in [5, 5.41) is 0.457. The molecule has 29 heavy (non-hydrogen) atoms. The average molecular weight is 472 g/mol. The Labute approximate surface area is 181 Å². The highest BCUT2D eigenvalue weighted by atomic mass is 79.9. The summed E-state index contributed by atoms with van der Waals surface area (Å²) >= 11 is 5.16. The van der Waals surface area contributed by atoms with E-state index in [9.17, 15) is 9.59 Å². The van der Waals surface area contributed by atoms with E-state index in [1.54, 1.807) is 23.9 Å². The summed E-state index contributed by atoms with van der Waals surface area (Å²) in [6.45, 7) is 1.01. The van der Waals surface area contributed by atoms with Crippen LogP contribution in [0.3, 0.4) is 0 Å². The first-order valence-corrected chi connectivity index (χ1v) is 10.9. The van der Waals surface area contributed by atoms with Crippen LogP contribution in [0.2, 0.25) is 0 Å². The van der Waals surface area contributed by atoms with Crippen molar-refractivity contribution < 1.29 is 0 Å². The van der Waals surface area contributed by atoms with Crippen molar-refractivity contribution in [2.75, 3.05) is 26.4 Å². The third-order valence-electron chi connectivity index (χ3n) is 4.16. The predicted octanol–water partition coefficient (Wildman–Crippen LogP) is 2.14. The zero-order valence-corrected chi connectivity index (χ0v) is 18.6. The van der Waals surface area contributed by atoms with Crippen molar-refractivity contribution in [2.24, 2.45) is 0 Å². The number of nitrogens with one attached hydrogen (secondary N) is 2. The monoisotopic (exact) mass is 471 g/mol. The fourth-order valence-corrected chi connectivity index (χ4v) is 3.88. The van der Waals surface area contributed by atoms with Gasteiger partial charge < -0.3 is 14.9 Å². The molecule has 7 heteroatoms. The molecule has 0 aliphatic heterocycles. The second kappa shape index (κ2) is 9.91. The summed E-state index contributed by atoms with van der Waals surface area (Å²) in [5.41, 5.74) is 1.01. The molecule has 2 aromatic carbocycles. The lowest BCUT2D eigenvalue weighted by molar-refractivity contribution is 0.437. The van der Waals surface area contributed by atoms with E-state index in [2.05, 4.69) is 44.9 Å². The molecule has 0 fully saturated rings. The van der Waals surface area contributed by atoms with Crippen LogP contribution in [-0.2, 0) is 0 Å². The molecule has 0 bridgehead atoms. The largest absolute Gasteiger partial charge is 0.316 e. The standard InChI is InChI=1S/C22H22BrN3O2S/c1-26(2)11-12-29-18-9-5-16(6-10-18)14-20-22(28)24-19(21(27)25-20)13-15-3-7-17(23)8-4-15/h3-10,13-14H,11-12H2,1-2H3,(H,24,28)(H,25,27)/b19-13-,20-14-. The lowest BCUT2D eigenvalue weighted by Gasteiger charge is -2.08. The van der Waals surface area contributed by atoms with Gasteiger partial charge in [-0.2, -0.15) is 0 Å². The normalized spacial score (nSPS) is 12.7. The zero-order valence-electron chi connectivity index (χ0n) is 16.2. The first kappa shape index (κ1) is 21.4. The van der Waals surface area contributed by atoms with Crippen LogP contribution >= 0.6 is 27.7 Å². The SMILES string of the molecule is CN(C)CCSc1ccc(/C=c2\[nH]c(=O)/c(=C/c3ccc(Br)cc3)[nH]c2=O)cc1. The first-order valence-electron chi connectivity index (χ1n) is 9.10. The average Bonchev–Trinajstić information content (AvgIpc) is 2.68. The lowest BCUT2D eigenvalue weighted by Crippen LogP contribution is -2.46. The molecule has 0 aliphatic rings. The van der Waals surface area contributed by atoms with Gasteiger partial charge in [-0.3, -0.25) is 9.59 Å². The van der Waals surface area contributed by atoms with Crippen LogP contribution in [0.25, 0.3) is 12.2 Å². The number of benzene rings is 2. The van der Waals surface area contributed by atoms with E-state index >= 15 is 0 Å². The maximum atomic E-state index is 12.4. The second-order valence-electron chi connectivity index (χ2n) is 6.80. The minimum Gasteiger partial charge on any atom is -0.316 e. The molecular weight excluding hydrogens is 450 g/mol. The molecule has 0 saturated heterocycles. The Kier molecular flexibility index (Phi) is 7.30. The van der Waals surface area contributed by atoms with Gasteiger partial charge in [0.2, 0.25) is 0 Å². The van der Waals surface area contributed by atoms with E-state index in [1.807, 2.05) is 48.5 Å². The maximum absolute atomic E-state index is 12.4. The van der Waals surface area contributed by atoms with Gasteiger partial charge in [0.05, 0.1) is 0 Å². The number of hydrogen-bond donors (Lipinski definition) is 2. The molecule has 3 rings (SSSR count). The fraction of sp³-hybridized carbons (Fsp3) is 0.182. The topological polar surface area (TPSA) is 69.0 Å². The highest BCUT2D eigenvalue weighted by Gasteiger charge is 1.99. The molecule has 0 unspecified atom stereocenters. The maximum Gasteiger partial charge on any atom is 0.272 e. The first-order chi connectivity index (χ1) is 13.9. The summed E-state index contributed by atoms with van der Waals surface area (Å²) < 4.78 is 0.948. The van der Waals surface area contributed by atoms with Gasteiger partial charge in [-0.05, 0) is 61.6 Å². The van der Waals surface area contributed by atoms with Crippen LogP contribution in [0.5, 0.6) is 0 Å². The Morgan fingerprint density at radius 3 is 1.83 bits per heavy atom. The number of hydrogen-bond acceptors (Lipinski definition) is 4. The number of rotatable bonds is 6. The molecule has 0 atom stereocenters. The van der Waals surface area contributed by atoms with Crippen molar-refractivity contribution in [3.63, 3.8) is 0 Å². The molecule has 2 N–H and O–H groups in total. The molecule has 5 nitrogen and oxygen atoms in total. The quantitative estimate of drug-likeness (QED) is 0.540. The summed E-state index contributed by atoms with van der Waals surface area (Å²) in [7, 11) is 4.11. The van der Waals surface area contributed by atoms with Crippen molar-refractivity contribution in [2.45, 2.75) is 4.90 Å². The smallest absolute Gasteiger partial charge is 0.272 e. The van der Waals surface area contributed by atoms with E-state index in [4.69, 9.17) is 0 Å². The van der Waals surface area contributed by atoms with Gasteiger partial charge in [0.1, 0.15) is 10.7 Å². The van der Waals surface area contributed by atoms with E-state index in [0.29, 0.717) is 0 Å². The highest BCUT2D eigenvalue weighted by molar-refractivity contribution is 9.10. The Bertz CT molecular complexity index is 1200. The zero-order chi connectivity index (χ0) is 20.8. The van der Waals surface area contributed by atoms with Gasteiger partial charge in [0, 0.05) is 21.7 Å². The van der Waals surface area contributed by atoms with Gasteiger partial charge in [-0.25, -0.2) is 0 Å². The Balaban J connectivity index is 1.85. The predicted molar refractivity (Wildman–Crippen MR) is 124 cm³/mol. The molecule has 1 heterocycles. The second-order valence-corrected chi connectivity index (χ2v) is 8.88. The summed E-state index contributed by atoms with van der Waals surface area (Å²) in [5.74, 6) is 1.01. The van der Waals surface area contributed by atoms with Crippen molar-refractivity contribution >= 4 is 39.8 Å². The van der Waals surface area contributed by atoms with Gasteiger partial charge in [-0.1, -0.05) is 40.2 Å². The minimum atomic E-state index is -0.338. The number of H-pyrrole nitrogens is 2. The number of halogens is 1. The van der Waals surface area contributed by atoms with Crippen LogP contribution in [0.15, 0.2) is 67.5 Å². The number of aromatic nitrogens is 2. The van der Waals surface area contributed by atoms with Gasteiger partial charge in [0.15, 0.2) is 0 Å². The van der Waals surface area contributed by atoms with Gasteiger partial charge >= 0.3 is 0 Å². The lowest BCUT2D eigenvalue weighted by atomic mass is 10.2. The third kappa shape index (κ3) is 6.32. The number of nitrogens with zero attached hydrogens (tertiary/aromatic N) is 1. The van der Waals surface area contributed by atoms with Crippen LogP contribution < -0.4 is 21.8 Å². The van der Waals surface area contributed by atoms with Crippen LogP contribution in [0.1, 0.15) is 11.1 Å². The Morgan fingerprint density at radius 2 is 1.34 bits per heavy atom. The van der Waals surface area contributed by atoms with Crippen molar-refractivity contribution in [1.82, 2.24) is 14.9 Å². The minimum absolute atomic E-state index is 0.224. The van der Waals surface area contributed by atoms with E-state index < -0.39 is 0 Å². The third-order valence-corrected chi connectivity index (χ3v) is 5.69. The van der Waals surface area contributed by atoms with E-state index in [-0.39, 0.29) is 21.8 Å². The fourth-order valence-electron chi connectivity index (χ4n) is 2.59. The highest BCUT2D eigenvalue weighted by Crippen LogP contribution is 2.18. The van der Waals surface area contributed by atoms with Crippen molar-refractivity contribution in [1.29, 1.82) is 0 Å². The number of thioether (sulfide) groups is 1. The van der Waals surface area contributed by atoms with Gasteiger partial charge in [-0.15, -0.1) is 11.8 Å². The molecule has 0 spiro atoms. The van der Waals surface area contributed by atoms with E-state index in [1.165, 1.54) is 4.90 Å². The van der Waals surface area contributed by atoms with Crippen LogP contribution in [-0.4, -0.2) is 41.3 Å². The summed E-state index contributed by atoms with van der Waals surface area (Å²) in [4.78, 5) is 33.5. The molecule has 0 aliphatic carbocycles. The summed E-state index contributed by atoms with van der Waals surface area (Å²) in [6.07, 6.45) is 3.33. The molecule has 0 radical (unpaired) electrons. The molecule has 0 saturated carbocycles. The van der Waals surface area contributed by atoms with Gasteiger partial charge in [0.25, 0.3) is 11.1 Å². The molecule has 0 amide bonds. The van der Waals surface area contributed by atoms with Crippen LogP contribution in [0.4, 0.5) is 0 Å². The Hall–Kier alpha value is -2.35. The van der Waals surface area contributed by atoms with Crippen molar-refractivity contribution in [3.8, 4) is 0 Å². The molecular formula is C22H22BrN3O2S. The van der Waals surface area contributed by atoms with E-state index in [0.717, 1.165) is 27.9 Å². The Morgan fingerprint density at radius 1 is 0.862 bits per heavy atom. The van der Waals surface area contributed by atoms with Crippen molar-refractivity contribution in [3.05, 3.63) is 95.5 Å². The number of aromatic amines is 2. The van der Waals surface area contributed by atoms with Crippen LogP contribution in [0, 0.1) is 0 Å².